The number of hydrogen-bond acceptors (Lipinski definition) is 1. The van der Waals surface area contributed by atoms with E-state index in [1.807, 2.05) is 0 Å². The molecule has 0 saturated carbocycles. The molecule has 0 N–H and O–H groups in total. The lowest BCUT2D eigenvalue weighted by atomic mass is 9.91. The average Bonchev–Trinajstić information content (AvgIpc) is 2.85. The van der Waals surface area contributed by atoms with Gasteiger partial charge in [0, 0.05) is 4.83 Å². The summed E-state index contributed by atoms with van der Waals surface area (Å²) in [7, 11) is 0. The van der Waals surface area contributed by atoms with Gasteiger partial charge < -0.3 is 0 Å². The van der Waals surface area contributed by atoms with E-state index in [9.17, 15) is 0 Å². The molecule has 3 rings (SSSR count). The Morgan fingerprint density at radius 1 is 1.22 bits per heavy atom. The summed E-state index contributed by atoms with van der Waals surface area (Å²) < 4.78 is 0. The number of hydrogen-bond donors (Lipinski definition) is 0. The van der Waals surface area contributed by atoms with Crippen LogP contribution in [0.4, 0.5) is 0 Å². The Labute approximate surface area is 121 Å². The summed E-state index contributed by atoms with van der Waals surface area (Å²) in [6, 6.07) is 11.2. The van der Waals surface area contributed by atoms with E-state index in [0.717, 1.165) is 5.92 Å². The molecule has 0 nitrogen and oxygen atoms in total. The normalized spacial score (nSPS) is 23.4. The van der Waals surface area contributed by atoms with Gasteiger partial charge in [0.15, 0.2) is 0 Å². The largest absolute Gasteiger partial charge is 0.152 e. The smallest absolute Gasteiger partial charge is 0.0429 e. The summed E-state index contributed by atoms with van der Waals surface area (Å²) in [5.74, 6) is 0.725. The molecule has 1 aromatic heterocycles. The third kappa shape index (κ3) is 2.55. The molecule has 0 radical (unpaired) electrons. The van der Waals surface area contributed by atoms with Crippen LogP contribution in [0.3, 0.4) is 0 Å². The number of thiophene rings is 1. The van der Waals surface area contributed by atoms with E-state index in [2.05, 4.69) is 57.0 Å². The number of alkyl halides is 1. The minimum absolute atomic E-state index is 0.510. The molecule has 0 bridgehead atoms. The van der Waals surface area contributed by atoms with Gasteiger partial charge in [-0.25, -0.2) is 0 Å². The van der Waals surface area contributed by atoms with Crippen LogP contribution in [0.25, 0.3) is 0 Å². The van der Waals surface area contributed by atoms with E-state index in [1.165, 1.54) is 42.4 Å². The fourth-order valence-corrected chi connectivity index (χ4v) is 4.48. The first kappa shape index (κ1) is 12.4. The Bertz CT molecular complexity index is 504. The van der Waals surface area contributed by atoms with Crippen LogP contribution in [-0.4, -0.2) is 0 Å². The molecule has 2 unspecified atom stereocenters. The molecule has 2 aromatic rings. The maximum atomic E-state index is 3.95. The molecule has 0 amide bonds. The number of fused-ring (bicyclic) bond motifs is 1. The first-order valence-electron chi connectivity index (χ1n) is 6.57. The highest BCUT2D eigenvalue weighted by molar-refractivity contribution is 9.09. The number of rotatable bonds is 2. The van der Waals surface area contributed by atoms with Crippen LogP contribution >= 0.6 is 27.3 Å². The maximum Gasteiger partial charge on any atom is 0.0429 e. The lowest BCUT2D eigenvalue weighted by molar-refractivity contribution is 0.475. The second-order valence-electron chi connectivity index (χ2n) is 5.09. The molecule has 1 aliphatic carbocycles. The first-order chi connectivity index (χ1) is 8.84. The summed E-state index contributed by atoms with van der Waals surface area (Å²) in [6.45, 7) is 0. The monoisotopic (exact) mass is 320 g/mol. The second kappa shape index (κ2) is 5.58. The fraction of sp³-hybridized carbons (Fsp3) is 0.375. The van der Waals surface area contributed by atoms with Crippen LogP contribution in [0.15, 0.2) is 41.1 Å². The zero-order valence-electron chi connectivity index (χ0n) is 10.3. The molecule has 1 heterocycles. The summed E-state index contributed by atoms with van der Waals surface area (Å²) in [5, 5.41) is 4.47. The van der Waals surface area contributed by atoms with Gasteiger partial charge in [0.2, 0.25) is 0 Å². The molecule has 2 heteroatoms. The summed E-state index contributed by atoms with van der Waals surface area (Å²) in [6.07, 6.45) is 5.07. The van der Waals surface area contributed by atoms with E-state index in [4.69, 9.17) is 0 Å². The molecule has 1 aromatic carbocycles. The predicted octanol–water partition coefficient (Wildman–Crippen LogP) is 5.38. The van der Waals surface area contributed by atoms with Crippen LogP contribution in [-0.2, 0) is 12.8 Å². The Morgan fingerprint density at radius 2 is 2.11 bits per heavy atom. The highest BCUT2D eigenvalue weighted by Gasteiger charge is 2.25. The van der Waals surface area contributed by atoms with Crippen molar-refractivity contribution in [2.24, 2.45) is 5.92 Å². The number of benzene rings is 1. The van der Waals surface area contributed by atoms with Gasteiger partial charge in [-0.15, -0.1) is 0 Å². The highest BCUT2D eigenvalue weighted by Crippen LogP contribution is 2.40. The molecular weight excluding hydrogens is 304 g/mol. The van der Waals surface area contributed by atoms with Crippen LogP contribution in [0.5, 0.6) is 0 Å². The van der Waals surface area contributed by atoms with Gasteiger partial charge >= 0.3 is 0 Å². The Hall–Kier alpha value is -0.600. The van der Waals surface area contributed by atoms with Gasteiger partial charge in [-0.05, 0) is 65.1 Å². The quantitative estimate of drug-likeness (QED) is 0.514. The van der Waals surface area contributed by atoms with E-state index in [0.29, 0.717) is 4.83 Å². The minimum Gasteiger partial charge on any atom is -0.152 e. The van der Waals surface area contributed by atoms with Gasteiger partial charge in [0.05, 0.1) is 0 Å². The lowest BCUT2D eigenvalue weighted by Crippen LogP contribution is -2.09. The highest BCUT2D eigenvalue weighted by atomic mass is 79.9. The molecule has 0 saturated heterocycles. The Balaban J connectivity index is 1.85. The first-order valence-corrected chi connectivity index (χ1v) is 8.43. The van der Waals surface area contributed by atoms with E-state index >= 15 is 0 Å². The van der Waals surface area contributed by atoms with Gasteiger partial charge in [-0.1, -0.05) is 40.2 Å². The van der Waals surface area contributed by atoms with Crippen molar-refractivity contribution in [1.29, 1.82) is 0 Å². The molecular formula is C16H17BrS. The van der Waals surface area contributed by atoms with Crippen molar-refractivity contribution in [1.82, 2.24) is 0 Å². The predicted molar refractivity (Wildman–Crippen MR) is 82.6 cm³/mol. The van der Waals surface area contributed by atoms with Crippen molar-refractivity contribution in [2.75, 3.05) is 0 Å². The van der Waals surface area contributed by atoms with E-state index < -0.39 is 0 Å². The van der Waals surface area contributed by atoms with Crippen LogP contribution in [0.1, 0.15) is 34.4 Å². The molecule has 0 spiro atoms. The Morgan fingerprint density at radius 3 is 2.94 bits per heavy atom. The number of halogens is 1. The van der Waals surface area contributed by atoms with Crippen LogP contribution in [0, 0.1) is 5.92 Å². The van der Waals surface area contributed by atoms with E-state index in [1.54, 1.807) is 11.3 Å². The average molecular weight is 321 g/mol. The van der Waals surface area contributed by atoms with Crippen molar-refractivity contribution < 1.29 is 0 Å². The maximum absolute atomic E-state index is 3.95. The topological polar surface area (TPSA) is 0 Å². The van der Waals surface area contributed by atoms with E-state index in [-0.39, 0.29) is 0 Å². The molecule has 0 aliphatic heterocycles. The third-order valence-electron chi connectivity index (χ3n) is 3.87. The van der Waals surface area contributed by atoms with Crippen molar-refractivity contribution in [3.63, 3.8) is 0 Å². The molecule has 2 atom stereocenters. The van der Waals surface area contributed by atoms with Gasteiger partial charge in [-0.2, -0.15) is 11.3 Å². The van der Waals surface area contributed by atoms with Crippen molar-refractivity contribution in [2.45, 2.75) is 30.5 Å². The molecule has 1 aliphatic rings. The molecule has 94 valence electrons. The zero-order chi connectivity index (χ0) is 12.4. The summed E-state index contributed by atoms with van der Waals surface area (Å²) >= 11 is 5.76. The lowest BCUT2D eigenvalue weighted by Gasteiger charge is -2.21. The Kier molecular flexibility index (Phi) is 3.86. The van der Waals surface area contributed by atoms with Crippen molar-refractivity contribution in [3.8, 4) is 0 Å². The zero-order valence-corrected chi connectivity index (χ0v) is 12.7. The summed E-state index contributed by atoms with van der Waals surface area (Å²) in [5.41, 5.74) is 4.54. The van der Waals surface area contributed by atoms with Crippen molar-refractivity contribution >= 4 is 27.3 Å². The SMILES string of the molecule is BrC1c2ccccc2CCCC1Cc1ccsc1. The van der Waals surface area contributed by atoms with Gasteiger partial charge in [0.25, 0.3) is 0 Å². The van der Waals surface area contributed by atoms with Crippen molar-refractivity contribution in [3.05, 3.63) is 57.8 Å². The number of aryl methyl sites for hydroxylation is 1. The van der Waals surface area contributed by atoms with Gasteiger partial charge in [-0.3, -0.25) is 0 Å². The standard InChI is InChI=1S/C16H17BrS/c17-16-14(10-12-8-9-18-11-12)6-3-5-13-4-1-2-7-15(13)16/h1-2,4,7-9,11,14,16H,3,5-6,10H2. The molecule has 18 heavy (non-hydrogen) atoms. The second-order valence-corrected chi connectivity index (χ2v) is 6.86. The molecule has 0 fully saturated rings. The van der Waals surface area contributed by atoms with Crippen LogP contribution in [0.2, 0.25) is 0 Å². The summed E-state index contributed by atoms with van der Waals surface area (Å²) in [4.78, 5) is 0.510. The third-order valence-corrected chi connectivity index (χ3v) is 5.84. The fourth-order valence-electron chi connectivity index (χ4n) is 2.90. The van der Waals surface area contributed by atoms with Crippen LogP contribution < -0.4 is 0 Å². The van der Waals surface area contributed by atoms with Gasteiger partial charge in [0.1, 0.15) is 0 Å². The minimum atomic E-state index is 0.510.